The van der Waals surface area contributed by atoms with E-state index in [4.69, 9.17) is 0 Å². The summed E-state index contributed by atoms with van der Waals surface area (Å²) in [7, 11) is 1.55. The van der Waals surface area contributed by atoms with Crippen molar-refractivity contribution >= 4 is 17.7 Å². The lowest BCUT2D eigenvalue weighted by Crippen LogP contribution is -2.28. The minimum Gasteiger partial charge on any atom is -0.341 e. The molecule has 0 bridgehead atoms. The largest absolute Gasteiger partial charge is 0.341 e. The van der Waals surface area contributed by atoms with Gasteiger partial charge in [-0.25, -0.2) is 13.2 Å². The second-order valence-electron chi connectivity index (χ2n) is 4.73. The number of halogens is 3. The van der Waals surface area contributed by atoms with Gasteiger partial charge < -0.3 is 4.90 Å². The molecule has 0 aromatic heterocycles. The summed E-state index contributed by atoms with van der Waals surface area (Å²) in [5.74, 6) is -1.70. The number of hydrogen-bond acceptors (Lipinski definition) is 2. The Labute approximate surface area is 130 Å². The summed E-state index contributed by atoms with van der Waals surface area (Å²) in [5.41, 5.74) is 0.254. The smallest absolute Gasteiger partial charge is 0.232 e. The quantitative estimate of drug-likeness (QED) is 0.778. The van der Waals surface area contributed by atoms with Crippen molar-refractivity contribution in [1.82, 2.24) is 4.90 Å². The van der Waals surface area contributed by atoms with Crippen molar-refractivity contribution in [2.75, 3.05) is 12.8 Å². The molecule has 0 unspecified atom stereocenters. The molecule has 0 spiro atoms. The van der Waals surface area contributed by atoms with Crippen LogP contribution in [0.15, 0.2) is 47.4 Å². The molecule has 22 heavy (non-hydrogen) atoms. The van der Waals surface area contributed by atoms with Crippen LogP contribution in [0.25, 0.3) is 0 Å². The first-order chi connectivity index (χ1) is 10.5. The van der Waals surface area contributed by atoms with Crippen LogP contribution in [0.3, 0.4) is 0 Å². The maximum absolute atomic E-state index is 13.5. The molecule has 2 aromatic rings. The van der Waals surface area contributed by atoms with E-state index in [0.29, 0.717) is 0 Å². The number of rotatable bonds is 5. The van der Waals surface area contributed by atoms with Gasteiger partial charge in [0.25, 0.3) is 0 Å². The molecule has 0 aliphatic carbocycles. The first-order valence-electron chi connectivity index (χ1n) is 6.52. The predicted octanol–water partition coefficient (Wildman–Crippen LogP) is 3.85. The van der Waals surface area contributed by atoms with Crippen molar-refractivity contribution in [1.29, 1.82) is 0 Å². The van der Waals surface area contributed by atoms with E-state index in [1.165, 1.54) is 34.9 Å². The van der Waals surface area contributed by atoms with Crippen molar-refractivity contribution < 1.29 is 18.0 Å². The summed E-state index contributed by atoms with van der Waals surface area (Å²) in [5, 5.41) is 0. The Morgan fingerprint density at radius 3 is 2.32 bits per heavy atom. The summed E-state index contributed by atoms with van der Waals surface area (Å²) in [4.78, 5) is 14.1. The molecule has 2 rings (SSSR count). The number of nitrogens with zero attached hydrogens (tertiary/aromatic N) is 1. The normalized spacial score (nSPS) is 10.5. The van der Waals surface area contributed by atoms with Gasteiger partial charge in [-0.15, -0.1) is 11.8 Å². The molecule has 0 aliphatic heterocycles. The predicted molar refractivity (Wildman–Crippen MR) is 80.0 cm³/mol. The number of hydrogen-bond donors (Lipinski definition) is 0. The second-order valence-corrected chi connectivity index (χ2v) is 5.78. The number of benzene rings is 2. The molecule has 0 N–H and O–H groups in total. The fourth-order valence-electron chi connectivity index (χ4n) is 1.78. The monoisotopic (exact) mass is 325 g/mol. The van der Waals surface area contributed by atoms with Crippen LogP contribution in [0.2, 0.25) is 0 Å². The molecule has 0 fully saturated rings. The van der Waals surface area contributed by atoms with Crippen LogP contribution in [0.5, 0.6) is 0 Å². The van der Waals surface area contributed by atoms with Crippen LogP contribution < -0.4 is 0 Å². The Balaban J connectivity index is 1.90. The van der Waals surface area contributed by atoms with E-state index in [1.807, 2.05) is 0 Å². The summed E-state index contributed by atoms with van der Waals surface area (Å²) in [6.07, 6.45) is 0. The van der Waals surface area contributed by atoms with Crippen molar-refractivity contribution in [3.05, 3.63) is 65.5 Å². The minimum atomic E-state index is -0.675. The molecule has 2 aromatic carbocycles. The van der Waals surface area contributed by atoms with Crippen LogP contribution in [0.4, 0.5) is 13.2 Å². The molecular weight excluding hydrogens is 311 g/mol. The number of carbonyl (C=O) groups is 1. The highest BCUT2D eigenvalue weighted by Gasteiger charge is 2.12. The number of thioether (sulfide) groups is 1. The van der Waals surface area contributed by atoms with Gasteiger partial charge in [0.05, 0.1) is 5.75 Å². The van der Waals surface area contributed by atoms with E-state index >= 15 is 0 Å². The fraction of sp³-hybridized carbons (Fsp3) is 0.188. The minimum absolute atomic E-state index is 0.0644. The maximum Gasteiger partial charge on any atom is 0.232 e. The lowest BCUT2D eigenvalue weighted by atomic mass is 10.2. The van der Waals surface area contributed by atoms with Gasteiger partial charge in [0.2, 0.25) is 5.91 Å². The van der Waals surface area contributed by atoms with E-state index in [1.54, 1.807) is 19.2 Å². The molecule has 0 heterocycles. The number of amides is 1. The Kier molecular flexibility index (Phi) is 5.49. The van der Waals surface area contributed by atoms with E-state index in [9.17, 15) is 18.0 Å². The molecule has 1 amide bonds. The highest BCUT2D eigenvalue weighted by molar-refractivity contribution is 8.00. The molecule has 116 valence electrons. The SMILES string of the molecule is CN(Cc1ccc(F)cc1F)C(=O)CSc1ccc(F)cc1. The molecule has 0 atom stereocenters. The topological polar surface area (TPSA) is 20.3 Å². The second kappa shape index (κ2) is 7.35. The number of carbonyl (C=O) groups excluding carboxylic acids is 1. The van der Waals surface area contributed by atoms with Crippen LogP contribution in [0.1, 0.15) is 5.56 Å². The van der Waals surface area contributed by atoms with Gasteiger partial charge >= 0.3 is 0 Å². The standard InChI is InChI=1S/C16H14F3NOS/c1-20(9-11-2-3-13(18)8-15(11)19)16(21)10-22-14-6-4-12(17)5-7-14/h2-8H,9-10H2,1H3. The molecule has 0 radical (unpaired) electrons. The Hall–Kier alpha value is -1.95. The van der Waals surface area contributed by atoms with Crippen molar-refractivity contribution in [3.8, 4) is 0 Å². The molecule has 0 aliphatic rings. The van der Waals surface area contributed by atoms with E-state index in [2.05, 4.69) is 0 Å². The Morgan fingerprint density at radius 2 is 1.68 bits per heavy atom. The maximum atomic E-state index is 13.5. The molecular formula is C16H14F3NOS. The summed E-state index contributed by atoms with van der Waals surface area (Å²) in [6, 6.07) is 9.10. The van der Waals surface area contributed by atoms with Gasteiger partial charge in [-0.05, 0) is 30.3 Å². The first kappa shape index (κ1) is 16.4. The summed E-state index contributed by atoms with van der Waals surface area (Å²) >= 11 is 1.27. The van der Waals surface area contributed by atoms with Gasteiger partial charge in [0, 0.05) is 30.1 Å². The zero-order chi connectivity index (χ0) is 16.1. The summed E-state index contributed by atoms with van der Waals surface area (Å²) < 4.78 is 39.1. The Bertz CT molecular complexity index is 661. The van der Waals surface area contributed by atoms with Gasteiger partial charge in [-0.2, -0.15) is 0 Å². The van der Waals surface area contributed by atoms with Gasteiger partial charge in [-0.1, -0.05) is 6.07 Å². The highest BCUT2D eigenvalue weighted by Crippen LogP contribution is 2.19. The van der Waals surface area contributed by atoms with Crippen LogP contribution >= 0.6 is 11.8 Å². The zero-order valence-electron chi connectivity index (χ0n) is 11.9. The average molecular weight is 325 g/mol. The van der Waals surface area contributed by atoms with Gasteiger partial charge in [-0.3, -0.25) is 4.79 Å². The van der Waals surface area contributed by atoms with Crippen LogP contribution in [-0.4, -0.2) is 23.6 Å². The van der Waals surface area contributed by atoms with Crippen molar-refractivity contribution in [2.24, 2.45) is 0 Å². The van der Waals surface area contributed by atoms with Crippen LogP contribution in [0, 0.1) is 17.5 Å². The fourth-order valence-corrected chi connectivity index (χ4v) is 2.62. The van der Waals surface area contributed by atoms with Gasteiger partial charge in [0.1, 0.15) is 17.5 Å². The third kappa shape index (κ3) is 4.53. The zero-order valence-corrected chi connectivity index (χ0v) is 12.7. The molecule has 0 saturated heterocycles. The third-order valence-corrected chi connectivity index (χ3v) is 4.02. The van der Waals surface area contributed by atoms with Gasteiger partial charge in [0.15, 0.2) is 0 Å². The Morgan fingerprint density at radius 1 is 1.05 bits per heavy atom. The highest BCUT2D eigenvalue weighted by atomic mass is 32.2. The van der Waals surface area contributed by atoms with E-state index < -0.39 is 11.6 Å². The molecule has 6 heteroatoms. The molecule has 2 nitrogen and oxygen atoms in total. The van der Waals surface area contributed by atoms with E-state index in [0.717, 1.165) is 17.0 Å². The molecule has 0 saturated carbocycles. The van der Waals surface area contributed by atoms with E-state index in [-0.39, 0.29) is 29.6 Å². The third-order valence-electron chi connectivity index (χ3n) is 3.02. The lowest BCUT2D eigenvalue weighted by molar-refractivity contribution is -0.127. The van der Waals surface area contributed by atoms with Crippen molar-refractivity contribution in [2.45, 2.75) is 11.4 Å². The lowest BCUT2D eigenvalue weighted by Gasteiger charge is -2.17. The summed E-state index contributed by atoms with van der Waals surface area (Å²) in [6.45, 7) is 0.0644. The van der Waals surface area contributed by atoms with Crippen LogP contribution in [-0.2, 0) is 11.3 Å². The van der Waals surface area contributed by atoms with Crippen molar-refractivity contribution in [3.63, 3.8) is 0 Å². The first-order valence-corrected chi connectivity index (χ1v) is 7.50. The average Bonchev–Trinajstić information content (AvgIpc) is 2.49.